The number of rotatable bonds is 6. The van der Waals surface area contributed by atoms with Crippen LogP contribution in [0.3, 0.4) is 0 Å². The van der Waals surface area contributed by atoms with Crippen LogP contribution >= 0.6 is 0 Å². The van der Waals surface area contributed by atoms with Crippen LogP contribution in [0, 0.1) is 0 Å². The van der Waals surface area contributed by atoms with Gasteiger partial charge in [0.05, 0.1) is 13.0 Å². The predicted molar refractivity (Wildman–Crippen MR) is 137 cm³/mol. The monoisotopic (exact) mass is 456 g/mol. The topological polar surface area (TPSA) is 49.9 Å². The van der Waals surface area contributed by atoms with Crippen LogP contribution in [0.5, 0.6) is 5.75 Å². The molecule has 0 spiro atoms. The second kappa shape index (κ2) is 10.1. The molecule has 1 aliphatic rings. The molecule has 0 N–H and O–H groups in total. The van der Waals surface area contributed by atoms with Crippen molar-refractivity contribution >= 4 is 23.2 Å². The summed E-state index contributed by atoms with van der Waals surface area (Å²) in [4.78, 5) is 31.0. The van der Waals surface area contributed by atoms with Gasteiger partial charge in [0.15, 0.2) is 0 Å². The van der Waals surface area contributed by atoms with E-state index in [2.05, 4.69) is 19.1 Å². The van der Waals surface area contributed by atoms with E-state index in [1.807, 2.05) is 60.0 Å². The number of nitrogens with zero attached hydrogens (tertiary/aromatic N) is 2. The number of carbonyl (C=O) groups excluding carboxylic acids is 2. The summed E-state index contributed by atoms with van der Waals surface area (Å²) in [5, 5.41) is 0. The molecule has 34 heavy (non-hydrogen) atoms. The van der Waals surface area contributed by atoms with Crippen molar-refractivity contribution in [2.75, 3.05) is 23.5 Å². The Bertz CT molecular complexity index is 1150. The largest absolute Gasteiger partial charge is 0.497 e. The minimum Gasteiger partial charge on any atom is -0.497 e. The van der Waals surface area contributed by atoms with Gasteiger partial charge in [0.2, 0.25) is 5.91 Å². The van der Waals surface area contributed by atoms with Crippen molar-refractivity contribution in [3.05, 3.63) is 89.5 Å². The molecule has 0 fully saturated rings. The second-order valence-electron chi connectivity index (χ2n) is 8.70. The SMILES string of the molecule is CCc1ccc(N(CC)C(=O)[C@@H]2C[C@@H](C)N(C(=O)c3ccc(OC)cc3)c3ccccc32)cc1. The summed E-state index contributed by atoms with van der Waals surface area (Å²) >= 11 is 0. The molecule has 0 unspecified atom stereocenters. The van der Waals surface area contributed by atoms with Gasteiger partial charge in [-0.2, -0.15) is 0 Å². The molecule has 3 aromatic carbocycles. The van der Waals surface area contributed by atoms with Gasteiger partial charge >= 0.3 is 0 Å². The highest BCUT2D eigenvalue weighted by Crippen LogP contribution is 2.40. The van der Waals surface area contributed by atoms with E-state index in [1.54, 1.807) is 31.4 Å². The highest BCUT2D eigenvalue weighted by molar-refractivity contribution is 6.09. The lowest BCUT2D eigenvalue weighted by Gasteiger charge is -2.40. The molecule has 176 valence electrons. The Kier molecular flexibility index (Phi) is 7.01. The maximum absolute atomic E-state index is 13.8. The molecule has 5 heteroatoms. The third kappa shape index (κ3) is 4.43. The molecule has 2 amide bonds. The van der Waals surface area contributed by atoms with E-state index < -0.39 is 0 Å². The van der Waals surface area contributed by atoms with Gasteiger partial charge in [0, 0.05) is 29.5 Å². The number of methoxy groups -OCH3 is 1. The summed E-state index contributed by atoms with van der Waals surface area (Å²) in [6, 6.07) is 23.0. The fourth-order valence-electron chi connectivity index (χ4n) is 4.79. The Hall–Kier alpha value is -3.60. The second-order valence-corrected chi connectivity index (χ2v) is 8.70. The lowest BCUT2D eigenvalue weighted by Crippen LogP contribution is -2.46. The number of carbonyl (C=O) groups is 2. The van der Waals surface area contributed by atoms with Crippen LogP contribution in [-0.2, 0) is 11.2 Å². The molecular weight excluding hydrogens is 424 g/mol. The van der Waals surface area contributed by atoms with Gasteiger partial charge in [0.1, 0.15) is 5.75 Å². The standard InChI is InChI=1S/C29H32N2O3/c1-5-21-11-15-23(16-12-21)30(6-2)29(33)26-19-20(3)31(27-10-8-7-9-25(26)27)28(32)22-13-17-24(34-4)18-14-22/h7-18,20,26H,5-6,19H2,1-4H3/t20-,26-/m1/s1. The summed E-state index contributed by atoms with van der Waals surface area (Å²) in [5.41, 5.74) is 4.45. The van der Waals surface area contributed by atoms with Crippen molar-refractivity contribution < 1.29 is 14.3 Å². The zero-order valence-electron chi connectivity index (χ0n) is 20.3. The van der Waals surface area contributed by atoms with Crippen LogP contribution in [-0.4, -0.2) is 31.5 Å². The van der Waals surface area contributed by atoms with Crippen molar-refractivity contribution in [2.24, 2.45) is 0 Å². The Morgan fingerprint density at radius 2 is 1.65 bits per heavy atom. The van der Waals surface area contributed by atoms with Gasteiger partial charge in [-0.25, -0.2) is 0 Å². The number of anilines is 2. The van der Waals surface area contributed by atoms with Crippen LogP contribution in [0.25, 0.3) is 0 Å². The number of fused-ring (bicyclic) bond motifs is 1. The van der Waals surface area contributed by atoms with Crippen LogP contribution in [0.1, 0.15) is 54.6 Å². The number of amides is 2. The molecule has 0 saturated heterocycles. The van der Waals surface area contributed by atoms with Gasteiger partial charge in [-0.3, -0.25) is 9.59 Å². The smallest absolute Gasteiger partial charge is 0.258 e. The number of hydrogen-bond donors (Lipinski definition) is 0. The summed E-state index contributed by atoms with van der Waals surface area (Å²) in [5.74, 6) is 0.399. The molecule has 0 bridgehead atoms. The molecule has 3 aromatic rings. The van der Waals surface area contributed by atoms with Gasteiger partial charge < -0.3 is 14.5 Å². The highest BCUT2D eigenvalue weighted by atomic mass is 16.5. The van der Waals surface area contributed by atoms with Crippen molar-refractivity contribution in [1.29, 1.82) is 0 Å². The van der Waals surface area contributed by atoms with E-state index in [0.29, 0.717) is 24.3 Å². The minimum absolute atomic E-state index is 0.0718. The molecule has 0 radical (unpaired) electrons. The third-order valence-corrected chi connectivity index (χ3v) is 6.68. The number of hydrogen-bond acceptors (Lipinski definition) is 3. The highest BCUT2D eigenvalue weighted by Gasteiger charge is 2.38. The summed E-state index contributed by atoms with van der Waals surface area (Å²) in [6.07, 6.45) is 1.53. The Labute approximate surface area is 202 Å². The van der Waals surface area contributed by atoms with Crippen molar-refractivity contribution in [2.45, 2.75) is 45.6 Å². The molecule has 1 aliphatic heterocycles. The van der Waals surface area contributed by atoms with Gasteiger partial charge in [-0.15, -0.1) is 0 Å². The molecule has 2 atom stereocenters. The van der Waals surface area contributed by atoms with Gasteiger partial charge in [-0.05, 0) is 80.3 Å². The maximum atomic E-state index is 13.8. The first-order valence-corrected chi connectivity index (χ1v) is 11.9. The minimum atomic E-state index is -0.308. The number of aryl methyl sites for hydroxylation is 1. The third-order valence-electron chi connectivity index (χ3n) is 6.68. The van der Waals surface area contributed by atoms with E-state index in [1.165, 1.54) is 5.56 Å². The number of para-hydroxylation sites is 1. The Morgan fingerprint density at radius 3 is 2.26 bits per heavy atom. The lowest BCUT2D eigenvalue weighted by atomic mass is 9.84. The first-order chi connectivity index (χ1) is 16.5. The molecule has 0 aromatic heterocycles. The molecular formula is C29H32N2O3. The normalized spacial score (nSPS) is 17.1. The lowest BCUT2D eigenvalue weighted by molar-refractivity contribution is -0.120. The fraction of sp³-hybridized carbons (Fsp3) is 0.310. The molecule has 5 nitrogen and oxygen atoms in total. The van der Waals surface area contributed by atoms with Crippen LogP contribution < -0.4 is 14.5 Å². The van der Waals surface area contributed by atoms with Gasteiger partial charge in [0.25, 0.3) is 5.91 Å². The van der Waals surface area contributed by atoms with Crippen LogP contribution in [0.4, 0.5) is 11.4 Å². The first kappa shape index (κ1) is 23.6. The van der Waals surface area contributed by atoms with Crippen molar-refractivity contribution in [3.8, 4) is 5.75 Å². The van der Waals surface area contributed by atoms with Crippen LogP contribution in [0.15, 0.2) is 72.8 Å². The van der Waals surface area contributed by atoms with E-state index in [-0.39, 0.29) is 23.8 Å². The van der Waals surface area contributed by atoms with E-state index in [0.717, 1.165) is 23.4 Å². The Balaban J connectivity index is 1.66. The summed E-state index contributed by atoms with van der Waals surface area (Å²) in [6.45, 7) is 6.73. The quantitative estimate of drug-likeness (QED) is 0.469. The number of benzene rings is 3. The first-order valence-electron chi connectivity index (χ1n) is 11.9. The van der Waals surface area contributed by atoms with Crippen molar-refractivity contribution in [1.82, 2.24) is 0 Å². The average Bonchev–Trinajstić information content (AvgIpc) is 2.88. The summed E-state index contributed by atoms with van der Waals surface area (Å²) in [7, 11) is 1.61. The van der Waals surface area contributed by atoms with E-state index in [9.17, 15) is 9.59 Å². The van der Waals surface area contributed by atoms with Crippen molar-refractivity contribution in [3.63, 3.8) is 0 Å². The van der Waals surface area contributed by atoms with E-state index in [4.69, 9.17) is 4.74 Å². The van der Waals surface area contributed by atoms with Gasteiger partial charge in [-0.1, -0.05) is 37.3 Å². The maximum Gasteiger partial charge on any atom is 0.258 e. The zero-order valence-corrected chi connectivity index (χ0v) is 20.3. The molecule has 4 rings (SSSR count). The zero-order chi connectivity index (χ0) is 24.2. The summed E-state index contributed by atoms with van der Waals surface area (Å²) < 4.78 is 5.23. The Morgan fingerprint density at radius 1 is 0.971 bits per heavy atom. The number of ether oxygens (including phenoxy) is 1. The van der Waals surface area contributed by atoms with Crippen LogP contribution in [0.2, 0.25) is 0 Å². The average molecular weight is 457 g/mol. The predicted octanol–water partition coefficient (Wildman–Crippen LogP) is 5.83. The molecule has 1 heterocycles. The fourth-order valence-corrected chi connectivity index (χ4v) is 4.79. The molecule has 0 saturated carbocycles. The van der Waals surface area contributed by atoms with E-state index >= 15 is 0 Å². The molecule has 0 aliphatic carbocycles. The number of likely N-dealkylation sites (N-methyl/N-ethyl adjacent to an activating group) is 1.